The first-order valence-corrected chi connectivity index (χ1v) is 11.4. The van der Waals surface area contributed by atoms with Gasteiger partial charge >= 0.3 is 5.97 Å². The van der Waals surface area contributed by atoms with Crippen molar-refractivity contribution in [3.8, 4) is 0 Å². The molecule has 0 saturated heterocycles. The molecule has 150 valence electrons. The predicted octanol–water partition coefficient (Wildman–Crippen LogP) is 6.13. The van der Waals surface area contributed by atoms with Crippen molar-refractivity contribution in [2.24, 2.45) is 23.2 Å². The fourth-order valence-electron chi connectivity index (χ4n) is 7.85. The molecular formula is C27H30O2. The summed E-state index contributed by atoms with van der Waals surface area (Å²) in [5, 5.41) is 0. The van der Waals surface area contributed by atoms with Crippen LogP contribution in [0.3, 0.4) is 0 Å². The molecule has 29 heavy (non-hydrogen) atoms. The van der Waals surface area contributed by atoms with Gasteiger partial charge in [-0.15, -0.1) is 0 Å². The Hall–Kier alpha value is -2.09. The number of aryl methyl sites for hydroxylation is 2. The molecule has 4 saturated carbocycles. The van der Waals surface area contributed by atoms with Crippen molar-refractivity contribution < 1.29 is 9.53 Å². The Morgan fingerprint density at radius 3 is 2.17 bits per heavy atom. The van der Waals surface area contributed by atoms with Gasteiger partial charge in [-0.3, -0.25) is 0 Å². The number of ether oxygens (including phenoxy) is 1. The van der Waals surface area contributed by atoms with Crippen LogP contribution < -0.4 is 0 Å². The van der Waals surface area contributed by atoms with E-state index in [0.29, 0.717) is 0 Å². The lowest BCUT2D eigenvalue weighted by molar-refractivity contribution is -0.189. The normalized spacial score (nSPS) is 37.3. The largest absolute Gasteiger partial charge is 0.450 e. The second kappa shape index (κ2) is 5.97. The zero-order chi connectivity index (χ0) is 19.8. The highest BCUT2D eigenvalue weighted by atomic mass is 16.6. The molecule has 2 aromatic rings. The Morgan fingerprint density at radius 1 is 0.862 bits per heavy atom. The lowest BCUT2D eigenvalue weighted by Gasteiger charge is -2.63. The molecule has 2 aromatic carbocycles. The van der Waals surface area contributed by atoms with Crippen molar-refractivity contribution in [1.82, 2.24) is 0 Å². The average Bonchev–Trinajstić information content (AvgIpc) is 2.66. The zero-order valence-corrected chi connectivity index (χ0v) is 17.5. The van der Waals surface area contributed by atoms with Crippen LogP contribution in [0.4, 0.5) is 0 Å². The third-order valence-electron chi connectivity index (χ3n) is 8.57. The van der Waals surface area contributed by atoms with Crippen LogP contribution in [0, 0.1) is 37.0 Å². The standard InChI is InChI=1S/C27H30O2/c1-17-4-3-5-23(9-17)27(16-22-8-18(2)6-7-24(22)25(28)29-27)26-13-19-10-20(14-26)12-21(11-19)15-26/h3-9,19-21H,10-16H2,1-2H3. The molecule has 4 aliphatic carbocycles. The lowest BCUT2D eigenvalue weighted by Crippen LogP contribution is -2.60. The highest BCUT2D eigenvalue weighted by Crippen LogP contribution is 2.68. The van der Waals surface area contributed by atoms with Gasteiger partial charge in [0.15, 0.2) is 0 Å². The number of esters is 1. The summed E-state index contributed by atoms with van der Waals surface area (Å²) in [6, 6.07) is 15.0. The average molecular weight is 387 g/mol. The molecule has 0 spiro atoms. The van der Waals surface area contributed by atoms with Crippen molar-refractivity contribution in [3.05, 3.63) is 70.3 Å². The van der Waals surface area contributed by atoms with Gasteiger partial charge in [-0.1, -0.05) is 47.5 Å². The Kier molecular flexibility index (Phi) is 3.65. The van der Waals surface area contributed by atoms with Crippen LogP contribution in [0.2, 0.25) is 0 Å². The molecule has 7 rings (SSSR count). The number of carbonyl (C=O) groups excluding carboxylic acids is 1. The number of rotatable bonds is 2. The van der Waals surface area contributed by atoms with Crippen LogP contribution in [0.1, 0.15) is 71.1 Å². The number of benzene rings is 2. The number of cyclic esters (lactones) is 1. The van der Waals surface area contributed by atoms with Crippen LogP contribution in [0.15, 0.2) is 42.5 Å². The first-order chi connectivity index (χ1) is 14.0. The molecule has 2 heteroatoms. The quantitative estimate of drug-likeness (QED) is 0.581. The van der Waals surface area contributed by atoms with Crippen molar-refractivity contribution in [2.45, 2.75) is 64.4 Å². The van der Waals surface area contributed by atoms with E-state index in [1.807, 2.05) is 12.1 Å². The summed E-state index contributed by atoms with van der Waals surface area (Å²) in [6.07, 6.45) is 8.68. The first kappa shape index (κ1) is 17.7. The minimum atomic E-state index is -0.521. The zero-order valence-electron chi connectivity index (χ0n) is 17.5. The second-order valence-corrected chi connectivity index (χ2v) is 10.6. The molecular weight excluding hydrogens is 356 g/mol. The molecule has 5 aliphatic rings. The van der Waals surface area contributed by atoms with Gasteiger partial charge in [0.05, 0.1) is 5.56 Å². The van der Waals surface area contributed by atoms with E-state index in [2.05, 4.69) is 44.2 Å². The summed E-state index contributed by atoms with van der Waals surface area (Å²) in [4.78, 5) is 13.3. The van der Waals surface area contributed by atoms with Gasteiger partial charge in [-0.05, 0) is 87.3 Å². The molecule has 0 N–H and O–H groups in total. The van der Waals surface area contributed by atoms with Gasteiger partial charge in [-0.2, -0.15) is 0 Å². The second-order valence-electron chi connectivity index (χ2n) is 10.6. The van der Waals surface area contributed by atoms with Gasteiger partial charge in [0.1, 0.15) is 5.60 Å². The SMILES string of the molecule is Cc1cccc(C2(C34CC5CC(CC(C5)C3)C4)Cc3cc(C)ccc3C(=O)O2)c1. The predicted molar refractivity (Wildman–Crippen MR) is 114 cm³/mol. The van der Waals surface area contributed by atoms with E-state index in [1.54, 1.807) is 0 Å². The molecule has 1 aliphatic heterocycles. The molecule has 2 nitrogen and oxygen atoms in total. The molecule has 0 amide bonds. The monoisotopic (exact) mass is 386 g/mol. The molecule has 1 atom stereocenters. The molecule has 1 unspecified atom stereocenters. The highest BCUT2D eigenvalue weighted by Gasteiger charge is 2.64. The topological polar surface area (TPSA) is 26.3 Å². The summed E-state index contributed by atoms with van der Waals surface area (Å²) in [7, 11) is 0. The number of carbonyl (C=O) groups is 1. The van der Waals surface area contributed by atoms with E-state index in [-0.39, 0.29) is 11.4 Å². The van der Waals surface area contributed by atoms with E-state index in [0.717, 1.165) is 29.7 Å². The van der Waals surface area contributed by atoms with Crippen molar-refractivity contribution in [2.75, 3.05) is 0 Å². The van der Waals surface area contributed by atoms with Crippen LogP contribution in [-0.2, 0) is 16.8 Å². The summed E-state index contributed by atoms with van der Waals surface area (Å²) in [6.45, 7) is 4.28. The van der Waals surface area contributed by atoms with Crippen LogP contribution in [-0.4, -0.2) is 5.97 Å². The smallest absolute Gasteiger partial charge is 0.339 e. The van der Waals surface area contributed by atoms with Gasteiger partial charge in [-0.25, -0.2) is 4.79 Å². The maximum Gasteiger partial charge on any atom is 0.339 e. The Labute approximate surface area is 173 Å². The van der Waals surface area contributed by atoms with Crippen LogP contribution in [0.25, 0.3) is 0 Å². The Balaban J connectivity index is 1.57. The summed E-state index contributed by atoms with van der Waals surface area (Å²) in [5.41, 5.74) is 5.21. The maximum atomic E-state index is 13.3. The number of fused-ring (bicyclic) bond motifs is 1. The van der Waals surface area contributed by atoms with E-state index in [9.17, 15) is 4.79 Å². The third kappa shape index (κ3) is 2.50. The van der Waals surface area contributed by atoms with E-state index in [4.69, 9.17) is 4.74 Å². The maximum absolute atomic E-state index is 13.3. The van der Waals surface area contributed by atoms with Crippen LogP contribution in [0.5, 0.6) is 0 Å². The van der Waals surface area contributed by atoms with Crippen molar-refractivity contribution in [1.29, 1.82) is 0 Å². The summed E-state index contributed by atoms with van der Waals surface area (Å²) < 4.78 is 6.63. The molecule has 1 heterocycles. The Morgan fingerprint density at radius 2 is 1.52 bits per heavy atom. The van der Waals surface area contributed by atoms with Gasteiger partial charge < -0.3 is 4.74 Å². The molecule has 4 bridgehead atoms. The Bertz CT molecular complexity index is 968. The minimum absolute atomic E-state index is 0.0899. The van der Waals surface area contributed by atoms with E-state index >= 15 is 0 Å². The molecule has 0 radical (unpaired) electrons. The lowest BCUT2D eigenvalue weighted by atomic mass is 9.43. The van der Waals surface area contributed by atoms with Crippen molar-refractivity contribution in [3.63, 3.8) is 0 Å². The van der Waals surface area contributed by atoms with E-state index in [1.165, 1.54) is 60.8 Å². The molecule has 4 fully saturated rings. The fraction of sp³-hybridized carbons (Fsp3) is 0.519. The fourth-order valence-corrected chi connectivity index (χ4v) is 7.85. The minimum Gasteiger partial charge on any atom is -0.450 e. The third-order valence-corrected chi connectivity index (χ3v) is 8.57. The van der Waals surface area contributed by atoms with Gasteiger partial charge in [0.2, 0.25) is 0 Å². The van der Waals surface area contributed by atoms with Gasteiger partial charge in [0, 0.05) is 11.8 Å². The van der Waals surface area contributed by atoms with Gasteiger partial charge in [0.25, 0.3) is 0 Å². The van der Waals surface area contributed by atoms with Crippen molar-refractivity contribution >= 4 is 5.97 Å². The van der Waals surface area contributed by atoms with Crippen LogP contribution >= 0.6 is 0 Å². The number of hydrogen-bond donors (Lipinski definition) is 0. The highest BCUT2D eigenvalue weighted by molar-refractivity contribution is 5.93. The van der Waals surface area contributed by atoms with E-state index < -0.39 is 5.60 Å². The number of hydrogen-bond acceptors (Lipinski definition) is 2. The molecule has 0 aromatic heterocycles. The summed E-state index contributed by atoms with van der Waals surface area (Å²) >= 11 is 0. The summed E-state index contributed by atoms with van der Waals surface area (Å²) in [5.74, 6) is 2.34. The first-order valence-electron chi connectivity index (χ1n) is 11.4.